The van der Waals surface area contributed by atoms with E-state index in [0.717, 1.165) is 12.8 Å². The van der Waals surface area contributed by atoms with Gasteiger partial charge in [-0.25, -0.2) is 4.79 Å². The van der Waals surface area contributed by atoms with Crippen LogP contribution in [0.5, 0.6) is 11.5 Å². The molecule has 1 aromatic heterocycles. The van der Waals surface area contributed by atoms with Crippen LogP contribution in [-0.4, -0.2) is 29.9 Å². The van der Waals surface area contributed by atoms with E-state index in [2.05, 4.69) is 5.16 Å². The summed E-state index contributed by atoms with van der Waals surface area (Å²) in [5, 5.41) is 12.8. The number of ether oxygens (including phenoxy) is 2. The molecule has 1 N–H and O–H groups in total. The van der Waals surface area contributed by atoms with E-state index in [-0.39, 0.29) is 11.5 Å². The zero-order valence-electron chi connectivity index (χ0n) is 11.8. The SMILES string of the molecule is COc1ccc(Cl)c(-c2cc(C(=O)O)no2)c1OCC1CC1. The number of halogens is 1. The number of hydrogen-bond acceptors (Lipinski definition) is 5. The van der Waals surface area contributed by atoms with Crippen molar-refractivity contribution in [3.05, 3.63) is 28.9 Å². The average molecular weight is 324 g/mol. The van der Waals surface area contributed by atoms with Crippen LogP contribution in [0.4, 0.5) is 0 Å². The van der Waals surface area contributed by atoms with Crippen molar-refractivity contribution >= 4 is 17.6 Å². The van der Waals surface area contributed by atoms with Gasteiger partial charge in [0.15, 0.2) is 23.0 Å². The Hall–Kier alpha value is -2.21. The molecule has 0 bridgehead atoms. The topological polar surface area (TPSA) is 81.8 Å². The van der Waals surface area contributed by atoms with Gasteiger partial charge in [-0.3, -0.25) is 0 Å². The van der Waals surface area contributed by atoms with Gasteiger partial charge in [0.2, 0.25) is 0 Å². The predicted octanol–water partition coefficient (Wildman–Crippen LogP) is 3.49. The van der Waals surface area contributed by atoms with E-state index in [9.17, 15) is 4.79 Å². The Bertz CT molecular complexity index is 708. The molecule has 1 fully saturated rings. The summed E-state index contributed by atoms with van der Waals surface area (Å²) in [5.74, 6) is 0.547. The zero-order chi connectivity index (χ0) is 15.7. The minimum atomic E-state index is -1.17. The summed E-state index contributed by atoms with van der Waals surface area (Å²) in [6.07, 6.45) is 2.29. The van der Waals surface area contributed by atoms with E-state index < -0.39 is 5.97 Å². The molecule has 1 saturated carbocycles. The van der Waals surface area contributed by atoms with Crippen molar-refractivity contribution in [2.75, 3.05) is 13.7 Å². The quantitative estimate of drug-likeness (QED) is 0.876. The summed E-state index contributed by atoms with van der Waals surface area (Å²) in [6, 6.07) is 4.65. The van der Waals surface area contributed by atoms with Gasteiger partial charge in [-0.2, -0.15) is 0 Å². The summed E-state index contributed by atoms with van der Waals surface area (Å²) in [5.41, 5.74) is 0.253. The molecule has 0 saturated heterocycles. The smallest absolute Gasteiger partial charge is 0.358 e. The summed E-state index contributed by atoms with van der Waals surface area (Å²) in [7, 11) is 1.53. The molecular formula is C15H14ClNO5. The molecule has 1 aliphatic carbocycles. The maximum Gasteiger partial charge on any atom is 0.358 e. The third kappa shape index (κ3) is 2.87. The largest absolute Gasteiger partial charge is 0.493 e. The van der Waals surface area contributed by atoms with Gasteiger partial charge in [-0.15, -0.1) is 0 Å². The van der Waals surface area contributed by atoms with Gasteiger partial charge in [0, 0.05) is 6.07 Å². The van der Waals surface area contributed by atoms with Crippen molar-refractivity contribution in [1.82, 2.24) is 5.16 Å². The van der Waals surface area contributed by atoms with E-state index in [1.54, 1.807) is 12.1 Å². The highest BCUT2D eigenvalue weighted by atomic mass is 35.5. The van der Waals surface area contributed by atoms with E-state index in [1.165, 1.54) is 13.2 Å². The first-order valence-electron chi connectivity index (χ1n) is 6.79. The number of benzene rings is 1. The highest BCUT2D eigenvalue weighted by Gasteiger charge is 2.26. The fourth-order valence-corrected chi connectivity index (χ4v) is 2.29. The molecule has 7 heteroatoms. The molecule has 0 amide bonds. The Morgan fingerprint density at radius 3 is 2.86 bits per heavy atom. The number of carbonyl (C=O) groups is 1. The second kappa shape index (κ2) is 5.88. The summed E-state index contributed by atoms with van der Waals surface area (Å²) in [6.45, 7) is 0.559. The Balaban J connectivity index is 2.03. The van der Waals surface area contributed by atoms with Crippen LogP contribution in [0.3, 0.4) is 0 Å². The van der Waals surface area contributed by atoms with E-state index >= 15 is 0 Å². The fraction of sp³-hybridized carbons (Fsp3) is 0.333. The molecule has 0 radical (unpaired) electrons. The minimum absolute atomic E-state index is 0.193. The molecule has 1 heterocycles. The molecule has 0 atom stereocenters. The van der Waals surface area contributed by atoms with Crippen LogP contribution in [0.15, 0.2) is 22.7 Å². The average Bonchev–Trinajstić information content (AvgIpc) is 3.20. The van der Waals surface area contributed by atoms with Crippen molar-refractivity contribution < 1.29 is 23.9 Å². The number of aromatic nitrogens is 1. The molecule has 6 nitrogen and oxygen atoms in total. The molecule has 0 spiro atoms. The minimum Gasteiger partial charge on any atom is -0.493 e. The molecule has 22 heavy (non-hydrogen) atoms. The summed E-state index contributed by atoms with van der Waals surface area (Å²) >= 11 is 6.24. The number of hydrogen-bond donors (Lipinski definition) is 1. The molecular weight excluding hydrogens is 310 g/mol. The third-order valence-electron chi connectivity index (χ3n) is 3.43. The second-order valence-electron chi connectivity index (χ2n) is 5.09. The Kier molecular flexibility index (Phi) is 3.94. The van der Waals surface area contributed by atoms with Crippen LogP contribution in [0.1, 0.15) is 23.3 Å². The standard InChI is InChI=1S/C15H14ClNO5/c1-20-11-5-4-9(16)13(14(11)21-7-8-2-3-8)12-6-10(15(18)19)17-22-12/h4-6,8H,2-3,7H2,1H3,(H,18,19). The number of carboxylic acids is 1. The van der Waals surface area contributed by atoms with Gasteiger partial charge in [0.1, 0.15) is 0 Å². The monoisotopic (exact) mass is 323 g/mol. The van der Waals surface area contributed by atoms with E-state index in [1.807, 2.05) is 0 Å². The number of nitrogens with zero attached hydrogens (tertiary/aromatic N) is 1. The number of carboxylic acid groups (broad SMARTS) is 1. The number of rotatable bonds is 6. The predicted molar refractivity (Wildman–Crippen MR) is 78.7 cm³/mol. The van der Waals surface area contributed by atoms with Crippen LogP contribution in [0.2, 0.25) is 5.02 Å². The van der Waals surface area contributed by atoms with Gasteiger partial charge < -0.3 is 19.1 Å². The lowest BCUT2D eigenvalue weighted by Gasteiger charge is -2.14. The Labute approximate surface area is 131 Å². The van der Waals surface area contributed by atoms with Crippen LogP contribution in [-0.2, 0) is 0 Å². The van der Waals surface area contributed by atoms with Gasteiger partial charge in [0.25, 0.3) is 0 Å². The van der Waals surface area contributed by atoms with Crippen LogP contribution in [0, 0.1) is 5.92 Å². The Morgan fingerprint density at radius 1 is 1.50 bits per heavy atom. The van der Waals surface area contributed by atoms with E-state index in [4.69, 9.17) is 30.7 Å². The van der Waals surface area contributed by atoms with Crippen LogP contribution in [0.25, 0.3) is 11.3 Å². The van der Waals surface area contributed by atoms with Gasteiger partial charge >= 0.3 is 5.97 Å². The molecule has 0 aliphatic heterocycles. The summed E-state index contributed by atoms with van der Waals surface area (Å²) in [4.78, 5) is 11.0. The van der Waals surface area contributed by atoms with Crippen LogP contribution >= 0.6 is 11.6 Å². The second-order valence-corrected chi connectivity index (χ2v) is 5.50. The highest BCUT2D eigenvalue weighted by Crippen LogP contribution is 2.44. The first-order chi connectivity index (χ1) is 10.6. The van der Waals surface area contributed by atoms with Crippen molar-refractivity contribution in [3.8, 4) is 22.8 Å². The lowest BCUT2D eigenvalue weighted by molar-refractivity contribution is 0.0686. The highest BCUT2D eigenvalue weighted by molar-refractivity contribution is 6.33. The molecule has 116 valence electrons. The molecule has 1 aromatic carbocycles. The molecule has 0 unspecified atom stereocenters. The van der Waals surface area contributed by atoms with Gasteiger partial charge in [-0.05, 0) is 30.9 Å². The fourth-order valence-electron chi connectivity index (χ4n) is 2.05. The first kappa shape index (κ1) is 14.7. The van der Waals surface area contributed by atoms with Crippen molar-refractivity contribution in [3.63, 3.8) is 0 Å². The van der Waals surface area contributed by atoms with Crippen molar-refractivity contribution in [2.45, 2.75) is 12.8 Å². The number of methoxy groups -OCH3 is 1. The lowest BCUT2D eigenvalue weighted by atomic mass is 10.1. The molecule has 2 aromatic rings. The normalized spacial score (nSPS) is 13.9. The lowest BCUT2D eigenvalue weighted by Crippen LogP contribution is -2.02. The molecule has 1 aliphatic rings. The van der Waals surface area contributed by atoms with Gasteiger partial charge in [-0.1, -0.05) is 16.8 Å². The summed E-state index contributed by atoms with van der Waals surface area (Å²) < 4.78 is 16.3. The Morgan fingerprint density at radius 2 is 2.27 bits per heavy atom. The number of aromatic carboxylic acids is 1. The maximum absolute atomic E-state index is 11.0. The zero-order valence-corrected chi connectivity index (χ0v) is 12.6. The van der Waals surface area contributed by atoms with Gasteiger partial charge in [0.05, 0.1) is 24.3 Å². The molecule has 3 rings (SSSR count). The van der Waals surface area contributed by atoms with Crippen molar-refractivity contribution in [2.24, 2.45) is 5.92 Å². The maximum atomic E-state index is 11.0. The first-order valence-corrected chi connectivity index (χ1v) is 7.17. The van der Waals surface area contributed by atoms with Crippen LogP contribution < -0.4 is 9.47 Å². The third-order valence-corrected chi connectivity index (χ3v) is 3.74. The van der Waals surface area contributed by atoms with E-state index in [0.29, 0.717) is 34.6 Å². The van der Waals surface area contributed by atoms with Crippen molar-refractivity contribution in [1.29, 1.82) is 0 Å².